The Morgan fingerprint density at radius 2 is 2.30 bits per heavy atom. The highest BCUT2D eigenvalue weighted by molar-refractivity contribution is 5.85. The number of hydrogen-bond acceptors (Lipinski definition) is 2. The molecule has 0 amide bonds. The van der Waals surface area contributed by atoms with Gasteiger partial charge in [0.1, 0.15) is 0 Å². The number of rotatable bonds is 1. The van der Waals surface area contributed by atoms with Crippen LogP contribution < -0.4 is 5.32 Å². The molecule has 0 aromatic rings. The van der Waals surface area contributed by atoms with Crippen LogP contribution in [0.25, 0.3) is 0 Å². The summed E-state index contributed by atoms with van der Waals surface area (Å²) in [5, 5.41) is 3.46. The van der Waals surface area contributed by atoms with Crippen molar-refractivity contribution >= 4 is 12.4 Å². The van der Waals surface area contributed by atoms with Crippen molar-refractivity contribution in [3.8, 4) is 0 Å². The van der Waals surface area contributed by atoms with Gasteiger partial charge in [-0.25, -0.2) is 0 Å². The second-order valence-corrected chi connectivity index (χ2v) is 2.82. The van der Waals surface area contributed by atoms with E-state index in [0.29, 0.717) is 0 Å². The third kappa shape index (κ3) is 2.86. The predicted octanol–water partition coefficient (Wildman–Crippen LogP) is 0.722. The number of hydrogen-bond donors (Lipinski definition) is 1. The first-order chi connectivity index (χ1) is 4.33. The van der Waals surface area contributed by atoms with Crippen molar-refractivity contribution in [1.29, 1.82) is 0 Å². The van der Waals surface area contributed by atoms with E-state index in [2.05, 4.69) is 24.2 Å². The molecule has 1 aliphatic rings. The van der Waals surface area contributed by atoms with Crippen LogP contribution in [0.2, 0.25) is 0 Å². The van der Waals surface area contributed by atoms with Crippen LogP contribution in [0.1, 0.15) is 13.3 Å². The lowest BCUT2D eigenvalue weighted by atomic mass is 10.2. The highest BCUT2D eigenvalue weighted by atomic mass is 35.5. The summed E-state index contributed by atoms with van der Waals surface area (Å²) >= 11 is 0. The van der Waals surface area contributed by atoms with Crippen molar-refractivity contribution < 1.29 is 0 Å². The third-order valence-corrected chi connectivity index (χ3v) is 1.95. The van der Waals surface area contributed by atoms with Crippen LogP contribution in [-0.2, 0) is 0 Å². The molecular weight excluding hydrogens is 148 g/mol. The zero-order valence-corrected chi connectivity index (χ0v) is 7.58. The molecule has 10 heavy (non-hydrogen) atoms. The lowest BCUT2D eigenvalue weighted by Gasteiger charge is -2.29. The predicted molar refractivity (Wildman–Crippen MR) is 46.8 cm³/mol. The van der Waals surface area contributed by atoms with Gasteiger partial charge in [-0.15, -0.1) is 12.4 Å². The van der Waals surface area contributed by atoms with Gasteiger partial charge in [0.2, 0.25) is 0 Å². The average molecular weight is 165 g/mol. The topological polar surface area (TPSA) is 15.3 Å². The van der Waals surface area contributed by atoms with E-state index in [0.717, 1.165) is 12.6 Å². The van der Waals surface area contributed by atoms with E-state index in [-0.39, 0.29) is 12.4 Å². The van der Waals surface area contributed by atoms with Crippen LogP contribution in [0.3, 0.4) is 0 Å². The van der Waals surface area contributed by atoms with Gasteiger partial charge in [0.05, 0.1) is 0 Å². The molecule has 1 heterocycles. The summed E-state index contributed by atoms with van der Waals surface area (Å²) in [6, 6.07) is 0.740. The quantitative estimate of drug-likeness (QED) is 0.615. The van der Waals surface area contributed by atoms with E-state index in [1.165, 1.54) is 19.5 Å². The highest BCUT2D eigenvalue weighted by Gasteiger charge is 2.12. The molecule has 1 N–H and O–H groups in total. The van der Waals surface area contributed by atoms with Crippen molar-refractivity contribution in [2.75, 3.05) is 26.7 Å². The standard InChI is InChI=1S/C7H16N2.ClH/c1-3-7-6-9(2)5-4-8-7;/h7-8H,3-6H2,1-2H3;1H/t7-;/m1./s1. The maximum atomic E-state index is 3.46. The van der Waals surface area contributed by atoms with Gasteiger partial charge in [-0.2, -0.15) is 0 Å². The van der Waals surface area contributed by atoms with Crippen molar-refractivity contribution in [2.45, 2.75) is 19.4 Å². The van der Waals surface area contributed by atoms with Crippen LogP contribution in [0.15, 0.2) is 0 Å². The SMILES string of the molecule is CC[C@@H]1CN(C)CCN1.Cl. The molecule has 2 nitrogen and oxygen atoms in total. The Hall–Kier alpha value is 0.210. The maximum absolute atomic E-state index is 3.46. The van der Waals surface area contributed by atoms with Crippen LogP contribution in [-0.4, -0.2) is 37.6 Å². The van der Waals surface area contributed by atoms with E-state index in [1.54, 1.807) is 0 Å². The Bertz CT molecular complexity index is 87.7. The average Bonchev–Trinajstić information content (AvgIpc) is 1.88. The fourth-order valence-corrected chi connectivity index (χ4v) is 1.27. The molecule has 0 spiro atoms. The van der Waals surface area contributed by atoms with E-state index in [4.69, 9.17) is 0 Å². The smallest absolute Gasteiger partial charge is 0.0192 e. The van der Waals surface area contributed by atoms with Crippen LogP contribution in [0.4, 0.5) is 0 Å². The fourth-order valence-electron chi connectivity index (χ4n) is 1.27. The molecule has 1 aliphatic heterocycles. The molecule has 0 unspecified atom stereocenters. The normalized spacial score (nSPS) is 27.6. The molecule has 1 saturated heterocycles. The van der Waals surface area contributed by atoms with Crippen molar-refractivity contribution in [3.05, 3.63) is 0 Å². The van der Waals surface area contributed by atoms with Gasteiger partial charge in [0, 0.05) is 25.7 Å². The molecule has 3 heteroatoms. The summed E-state index contributed by atoms with van der Waals surface area (Å²) in [5.41, 5.74) is 0. The summed E-state index contributed by atoms with van der Waals surface area (Å²) in [6.07, 6.45) is 1.25. The first-order valence-corrected chi connectivity index (χ1v) is 3.75. The van der Waals surface area contributed by atoms with Gasteiger partial charge in [-0.1, -0.05) is 6.92 Å². The number of likely N-dealkylation sites (N-methyl/N-ethyl adjacent to an activating group) is 1. The second-order valence-electron chi connectivity index (χ2n) is 2.82. The summed E-state index contributed by atoms with van der Waals surface area (Å²) < 4.78 is 0. The summed E-state index contributed by atoms with van der Waals surface area (Å²) in [7, 11) is 2.18. The Morgan fingerprint density at radius 1 is 1.60 bits per heavy atom. The zero-order chi connectivity index (χ0) is 6.69. The molecule has 0 radical (unpaired) electrons. The molecule has 1 atom stereocenters. The molecule has 0 aromatic heterocycles. The largest absolute Gasteiger partial charge is 0.311 e. The molecule has 0 bridgehead atoms. The van der Waals surface area contributed by atoms with Crippen LogP contribution >= 0.6 is 12.4 Å². The number of nitrogens with zero attached hydrogens (tertiary/aromatic N) is 1. The van der Waals surface area contributed by atoms with Gasteiger partial charge >= 0.3 is 0 Å². The first kappa shape index (κ1) is 10.2. The minimum Gasteiger partial charge on any atom is -0.311 e. The monoisotopic (exact) mass is 164 g/mol. The van der Waals surface area contributed by atoms with E-state index >= 15 is 0 Å². The molecule has 0 saturated carbocycles. The number of halogens is 1. The van der Waals surface area contributed by atoms with Crippen LogP contribution in [0, 0.1) is 0 Å². The molecular formula is C7H17ClN2. The highest BCUT2D eigenvalue weighted by Crippen LogP contribution is 1.98. The van der Waals surface area contributed by atoms with Crippen molar-refractivity contribution in [2.24, 2.45) is 0 Å². The molecule has 1 fully saturated rings. The Kier molecular flexibility index (Phi) is 5.04. The van der Waals surface area contributed by atoms with E-state index < -0.39 is 0 Å². The van der Waals surface area contributed by atoms with Gasteiger partial charge in [-0.05, 0) is 13.5 Å². The van der Waals surface area contributed by atoms with Crippen molar-refractivity contribution in [3.63, 3.8) is 0 Å². The Balaban J connectivity index is 0.000000810. The molecule has 0 aliphatic carbocycles. The van der Waals surface area contributed by atoms with E-state index in [9.17, 15) is 0 Å². The van der Waals surface area contributed by atoms with Gasteiger partial charge < -0.3 is 10.2 Å². The summed E-state index contributed by atoms with van der Waals surface area (Å²) in [6.45, 7) is 5.82. The molecule has 0 aromatic carbocycles. The number of nitrogens with one attached hydrogen (secondary N) is 1. The lowest BCUT2D eigenvalue weighted by Crippen LogP contribution is -2.48. The first-order valence-electron chi connectivity index (χ1n) is 3.75. The summed E-state index contributed by atoms with van der Waals surface area (Å²) in [4.78, 5) is 2.38. The van der Waals surface area contributed by atoms with Gasteiger partial charge in [-0.3, -0.25) is 0 Å². The molecule has 62 valence electrons. The zero-order valence-electron chi connectivity index (χ0n) is 6.76. The second kappa shape index (κ2) is 4.94. The van der Waals surface area contributed by atoms with Crippen LogP contribution in [0.5, 0.6) is 0 Å². The fraction of sp³-hybridized carbons (Fsp3) is 1.00. The van der Waals surface area contributed by atoms with Gasteiger partial charge in [0.25, 0.3) is 0 Å². The Labute approximate surface area is 69.4 Å². The molecule has 1 rings (SSSR count). The maximum Gasteiger partial charge on any atom is 0.0192 e. The third-order valence-electron chi connectivity index (χ3n) is 1.95. The van der Waals surface area contributed by atoms with Gasteiger partial charge in [0.15, 0.2) is 0 Å². The minimum absolute atomic E-state index is 0. The minimum atomic E-state index is 0. The van der Waals surface area contributed by atoms with Crippen molar-refractivity contribution in [1.82, 2.24) is 10.2 Å². The Morgan fingerprint density at radius 3 is 2.70 bits per heavy atom. The lowest BCUT2D eigenvalue weighted by molar-refractivity contribution is 0.235. The van der Waals surface area contributed by atoms with E-state index in [1.807, 2.05) is 0 Å². The summed E-state index contributed by atoms with van der Waals surface area (Å²) in [5.74, 6) is 0. The number of piperazine rings is 1.